The number of carbonyl (C=O) groups excluding carboxylic acids is 1. The molecule has 3 rings (SSSR count). The molecule has 2 aromatic carbocycles. The topological polar surface area (TPSA) is 17.1 Å². The molecule has 1 aliphatic rings. The summed E-state index contributed by atoms with van der Waals surface area (Å²) in [5, 5.41) is 2.57. The van der Waals surface area contributed by atoms with E-state index < -0.39 is 0 Å². The van der Waals surface area contributed by atoms with E-state index in [2.05, 4.69) is 42.5 Å². The number of benzene rings is 2. The Labute approximate surface area is 101 Å². The monoisotopic (exact) mass is 222 g/mol. The molecule has 0 heterocycles. The molecule has 0 unspecified atom stereocenters. The van der Waals surface area contributed by atoms with Crippen LogP contribution in [0.15, 0.2) is 54.1 Å². The summed E-state index contributed by atoms with van der Waals surface area (Å²) in [5.74, 6) is 0.278. The summed E-state index contributed by atoms with van der Waals surface area (Å²) in [6, 6.07) is 14.8. The third-order valence-electron chi connectivity index (χ3n) is 3.36. The Morgan fingerprint density at radius 2 is 1.76 bits per heavy atom. The summed E-state index contributed by atoms with van der Waals surface area (Å²) in [6.07, 6.45) is 4.36. The number of fused-ring (bicyclic) bond motifs is 1. The zero-order chi connectivity index (χ0) is 11.7. The first-order chi connectivity index (χ1) is 8.33. The van der Waals surface area contributed by atoms with Crippen LogP contribution >= 0.6 is 0 Å². The third-order valence-corrected chi connectivity index (χ3v) is 3.36. The van der Waals surface area contributed by atoms with E-state index in [1.165, 1.54) is 21.9 Å². The number of ketones is 1. The minimum absolute atomic E-state index is 0.278. The lowest BCUT2D eigenvalue weighted by molar-refractivity contribution is -0.114. The van der Waals surface area contributed by atoms with Crippen molar-refractivity contribution >= 4 is 16.6 Å². The number of hydrogen-bond donors (Lipinski definition) is 0. The third kappa shape index (κ3) is 2.01. The van der Waals surface area contributed by atoms with Crippen LogP contribution in [0, 0.1) is 0 Å². The van der Waals surface area contributed by atoms with Crippen LogP contribution in [-0.2, 0) is 11.2 Å². The predicted octanol–water partition coefficient (Wildman–Crippen LogP) is 3.67. The number of hydrogen-bond acceptors (Lipinski definition) is 1. The molecule has 0 atom stereocenters. The van der Waals surface area contributed by atoms with Crippen molar-refractivity contribution in [1.82, 2.24) is 0 Å². The van der Waals surface area contributed by atoms with Gasteiger partial charge in [0.2, 0.25) is 0 Å². The first-order valence-electron chi connectivity index (χ1n) is 6.02. The van der Waals surface area contributed by atoms with E-state index in [0.29, 0.717) is 6.42 Å². The van der Waals surface area contributed by atoms with E-state index in [-0.39, 0.29) is 5.78 Å². The fourth-order valence-electron chi connectivity index (χ4n) is 2.49. The Kier molecular flexibility index (Phi) is 2.52. The Morgan fingerprint density at radius 1 is 0.941 bits per heavy atom. The van der Waals surface area contributed by atoms with Crippen LogP contribution in [-0.4, -0.2) is 5.78 Å². The highest BCUT2D eigenvalue weighted by Gasteiger charge is 2.12. The van der Waals surface area contributed by atoms with E-state index in [1.54, 1.807) is 0 Å². The van der Waals surface area contributed by atoms with E-state index in [4.69, 9.17) is 0 Å². The van der Waals surface area contributed by atoms with Gasteiger partial charge in [-0.2, -0.15) is 0 Å². The average molecular weight is 222 g/mol. The molecule has 1 nitrogen and oxygen atoms in total. The van der Waals surface area contributed by atoms with Crippen molar-refractivity contribution in [2.75, 3.05) is 0 Å². The summed E-state index contributed by atoms with van der Waals surface area (Å²) < 4.78 is 0. The van der Waals surface area contributed by atoms with Gasteiger partial charge in [-0.3, -0.25) is 4.79 Å². The molecule has 0 N–H and O–H groups in total. The van der Waals surface area contributed by atoms with Crippen molar-refractivity contribution in [3.8, 4) is 0 Å². The van der Waals surface area contributed by atoms with Crippen molar-refractivity contribution in [3.63, 3.8) is 0 Å². The molecule has 0 saturated carbocycles. The molecule has 0 bridgehead atoms. The minimum Gasteiger partial charge on any atom is -0.295 e. The van der Waals surface area contributed by atoms with Crippen LogP contribution in [0.2, 0.25) is 0 Å². The highest BCUT2D eigenvalue weighted by Crippen LogP contribution is 2.25. The maximum Gasteiger partial charge on any atom is 0.155 e. The smallest absolute Gasteiger partial charge is 0.155 e. The van der Waals surface area contributed by atoms with Gasteiger partial charge >= 0.3 is 0 Å². The van der Waals surface area contributed by atoms with Gasteiger partial charge in [0.25, 0.3) is 0 Å². The second-order valence-electron chi connectivity index (χ2n) is 4.58. The maximum atomic E-state index is 11.2. The van der Waals surface area contributed by atoms with E-state index in [0.717, 1.165) is 12.8 Å². The standard InChI is InChI=1S/C16H14O/c17-15-9-8-12(11-15)10-14-6-3-5-13-4-1-2-7-16(13)14/h1-7,11H,8-10H2. The van der Waals surface area contributed by atoms with Crippen molar-refractivity contribution in [3.05, 3.63) is 59.7 Å². The van der Waals surface area contributed by atoms with Gasteiger partial charge in [-0.25, -0.2) is 0 Å². The van der Waals surface area contributed by atoms with Crippen LogP contribution < -0.4 is 0 Å². The first kappa shape index (κ1) is 10.3. The first-order valence-corrected chi connectivity index (χ1v) is 6.02. The molecular weight excluding hydrogens is 208 g/mol. The molecule has 2 aromatic rings. The van der Waals surface area contributed by atoms with E-state index >= 15 is 0 Å². The average Bonchev–Trinajstić information content (AvgIpc) is 2.75. The van der Waals surface area contributed by atoms with Crippen LogP contribution in [0.4, 0.5) is 0 Å². The summed E-state index contributed by atoms with van der Waals surface area (Å²) >= 11 is 0. The Hall–Kier alpha value is -1.89. The number of rotatable bonds is 2. The van der Waals surface area contributed by atoms with Gasteiger partial charge in [-0.1, -0.05) is 48.0 Å². The molecule has 0 spiro atoms. The largest absolute Gasteiger partial charge is 0.295 e. The van der Waals surface area contributed by atoms with Gasteiger partial charge in [0, 0.05) is 6.42 Å². The molecule has 0 aliphatic heterocycles. The summed E-state index contributed by atoms with van der Waals surface area (Å²) in [4.78, 5) is 11.2. The fraction of sp³-hybridized carbons (Fsp3) is 0.188. The van der Waals surface area contributed by atoms with Gasteiger partial charge in [0.1, 0.15) is 0 Å². The SMILES string of the molecule is O=C1C=C(Cc2cccc3ccccc23)CC1. The van der Waals surface area contributed by atoms with Crippen molar-refractivity contribution < 1.29 is 4.79 Å². The zero-order valence-electron chi connectivity index (χ0n) is 9.65. The molecule has 0 saturated heterocycles. The highest BCUT2D eigenvalue weighted by atomic mass is 16.1. The van der Waals surface area contributed by atoms with Gasteiger partial charge in [-0.15, -0.1) is 0 Å². The normalized spacial score (nSPS) is 15.3. The molecule has 0 radical (unpaired) electrons. The van der Waals surface area contributed by atoms with Gasteiger partial charge < -0.3 is 0 Å². The van der Waals surface area contributed by atoms with Crippen molar-refractivity contribution in [1.29, 1.82) is 0 Å². The molecule has 0 amide bonds. The van der Waals surface area contributed by atoms with Crippen LogP contribution in [0.25, 0.3) is 10.8 Å². The van der Waals surface area contributed by atoms with Gasteiger partial charge in [0.05, 0.1) is 0 Å². The molecule has 0 aromatic heterocycles. The number of allylic oxidation sites excluding steroid dienone is 2. The van der Waals surface area contributed by atoms with E-state index in [1.807, 2.05) is 6.08 Å². The quantitative estimate of drug-likeness (QED) is 0.757. The lowest BCUT2D eigenvalue weighted by Crippen LogP contribution is -1.89. The highest BCUT2D eigenvalue weighted by molar-refractivity contribution is 5.93. The van der Waals surface area contributed by atoms with Gasteiger partial charge in [0.15, 0.2) is 5.78 Å². The Morgan fingerprint density at radius 3 is 2.59 bits per heavy atom. The molecule has 1 heteroatoms. The minimum atomic E-state index is 0.278. The van der Waals surface area contributed by atoms with Crippen LogP contribution in [0.1, 0.15) is 18.4 Å². The lowest BCUT2D eigenvalue weighted by atomic mass is 9.98. The maximum absolute atomic E-state index is 11.2. The fourth-order valence-corrected chi connectivity index (χ4v) is 2.49. The second kappa shape index (κ2) is 4.17. The molecule has 1 aliphatic carbocycles. The van der Waals surface area contributed by atoms with Crippen molar-refractivity contribution in [2.45, 2.75) is 19.3 Å². The molecular formula is C16H14O. The Bertz CT molecular complexity index is 602. The van der Waals surface area contributed by atoms with Gasteiger partial charge in [-0.05, 0) is 35.3 Å². The predicted molar refractivity (Wildman–Crippen MR) is 70.0 cm³/mol. The van der Waals surface area contributed by atoms with E-state index in [9.17, 15) is 4.79 Å². The number of carbonyl (C=O) groups is 1. The summed E-state index contributed by atoms with van der Waals surface area (Å²) in [7, 11) is 0. The summed E-state index contributed by atoms with van der Waals surface area (Å²) in [6.45, 7) is 0. The van der Waals surface area contributed by atoms with Crippen LogP contribution in [0.5, 0.6) is 0 Å². The zero-order valence-corrected chi connectivity index (χ0v) is 9.65. The second-order valence-corrected chi connectivity index (χ2v) is 4.58. The summed E-state index contributed by atoms with van der Waals surface area (Å²) in [5.41, 5.74) is 2.59. The van der Waals surface area contributed by atoms with Crippen LogP contribution in [0.3, 0.4) is 0 Å². The Balaban J connectivity index is 2.00. The van der Waals surface area contributed by atoms with Crippen molar-refractivity contribution in [2.24, 2.45) is 0 Å². The molecule has 17 heavy (non-hydrogen) atoms. The molecule has 84 valence electrons. The lowest BCUT2D eigenvalue weighted by Gasteiger charge is -2.06. The molecule has 0 fully saturated rings.